The number of morpholine rings is 1. The summed E-state index contributed by atoms with van der Waals surface area (Å²) in [6, 6.07) is 3.81. The summed E-state index contributed by atoms with van der Waals surface area (Å²) in [4.78, 5) is 23.4. The monoisotopic (exact) mass is 454 g/mol. The molecule has 2 aromatic heterocycles. The van der Waals surface area contributed by atoms with Crippen LogP contribution in [0.5, 0.6) is 5.75 Å². The quantitative estimate of drug-likeness (QED) is 0.616. The van der Waals surface area contributed by atoms with Gasteiger partial charge in [-0.1, -0.05) is 22.9 Å². The van der Waals surface area contributed by atoms with Crippen molar-refractivity contribution in [3.8, 4) is 5.75 Å². The highest BCUT2D eigenvalue weighted by molar-refractivity contribution is 7.18. The van der Waals surface area contributed by atoms with Gasteiger partial charge in [0.25, 0.3) is 5.91 Å². The Kier molecular flexibility index (Phi) is 6.38. The lowest BCUT2D eigenvalue weighted by molar-refractivity contribution is 0.0333. The first-order chi connectivity index (χ1) is 14.5. The fraction of sp³-hybridized carbons (Fsp3) is 0.316. The lowest BCUT2D eigenvalue weighted by atomic mass is 10.1. The lowest BCUT2D eigenvalue weighted by Crippen LogP contribution is -2.44. The maximum atomic E-state index is 14.8. The fourth-order valence-electron chi connectivity index (χ4n) is 2.93. The van der Waals surface area contributed by atoms with Crippen LogP contribution in [0.25, 0.3) is 10.3 Å². The van der Waals surface area contributed by atoms with Gasteiger partial charge in [-0.25, -0.2) is 18.7 Å². The maximum Gasteiger partial charge on any atom is 0.258 e. The van der Waals surface area contributed by atoms with Gasteiger partial charge in [-0.2, -0.15) is 0 Å². The van der Waals surface area contributed by atoms with E-state index in [1.54, 1.807) is 6.07 Å². The van der Waals surface area contributed by atoms with Gasteiger partial charge in [0.15, 0.2) is 11.6 Å². The molecule has 3 heterocycles. The second-order valence-electron chi connectivity index (χ2n) is 6.50. The maximum absolute atomic E-state index is 14.8. The summed E-state index contributed by atoms with van der Waals surface area (Å²) in [5.74, 6) is -3.10. The second kappa shape index (κ2) is 9.17. The lowest BCUT2D eigenvalue weighted by Gasteiger charge is -2.26. The Morgan fingerprint density at radius 3 is 2.93 bits per heavy atom. The Labute approximate surface area is 179 Å². The SMILES string of the molecule is O=C(NCN1CCOCC1)c1c(F)ccc(OCc2nc3cc(Cl)cnc3s2)c1F. The van der Waals surface area contributed by atoms with E-state index in [4.69, 9.17) is 21.1 Å². The van der Waals surface area contributed by atoms with Gasteiger partial charge in [0, 0.05) is 19.3 Å². The second-order valence-corrected chi connectivity index (χ2v) is 8.00. The van der Waals surface area contributed by atoms with Crippen molar-refractivity contribution in [2.75, 3.05) is 33.0 Å². The van der Waals surface area contributed by atoms with Crippen LogP contribution in [-0.4, -0.2) is 53.7 Å². The van der Waals surface area contributed by atoms with E-state index in [0.717, 1.165) is 12.1 Å². The van der Waals surface area contributed by atoms with Gasteiger partial charge in [0.2, 0.25) is 0 Å². The van der Waals surface area contributed by atoms with Crippen molar-refractivity contribution >= 4 is 39.2 Å². The van der Waals surface area contributed by atoms with Crippen molar-refractivity contribution in [3.05, 3.63) is 51.6 Å². The van der Waals surface area contributed by atoms with Gasteiger partial charge < -0.3 is 14.8 Å². The molecular formula is C19H17ClF2N4O3S. The van der Waals surface area contributed by atoms with Crippen LogP contribution in [0.4, 0.5) is 8.78 Å². The summed E-state index contributed by atoms with van der Waals surface area (Å²) in [6.45, 7) is 2.49. The molecule has 0 unspecified atom stereocenters. The number of ether oxygens (including phenoxy) is 2. The Morgan fingerprint density at radius 2 is 2.13 bits per heavy atom. The molecule has 1 fully saturated rings. The van der Waals surface area contributed by atoms with E-state index in [1.807, 2.05) is 4.90 Å². The number of halogens is 3. The third kappa shape index (κ3) is 4.67. The molecule has 1 saturated heterocycles. The first-order valence-corrected chi connectivity index (χ1v) is 10.3. The zero-order valence-electron chi connectivity index (χ0n) is 15.7. The normalized spacial score (nSPS) is 14.8. The van der Waals surface area contributed by atoms with Crippen molar-refractivity contribution in [2.45, 2.75) is 6.61 Å². The number of hydrogen-bond acceptors (Lipinski definition) is 7. The number of carbonyl (C=O) groups excluding carboxylic acids is 1. The van der Waals surface area contributed by atoms with E-state index in [9.17, 15) is 13.6 Å². The summed E-state index contributed by atoms with van der Waals surface area (Å²) in [5, 5.41) is 3.54. The Bertz CT molecular complexity index is 1080. The minimum atomic E-state index is -1.06. The third-order valence-electron chi connectivity index (χ3n) is 4.46. The molecule has 0 radical (unpaired) electrons. The van der Waals surface area contributed by atoms with Crippen molar-refractivity contribution in [2.24, 2.45) is 0 Å². The molecule has 3 aromatic rings. The Hall–Kier alpha value is -2.40. The number of amides is 1. The van der Waals surface area contributed by atoms with Crippen molar-refractivity contribution in [3.63, 3.8) is 0 Å². The molecule has 158 valence electrons. The molecular weight excluding hydrogens is 438 g/mol. The average molecular weight is 455 g/mol. The average Bonchev–Trinajstić information content (AvgIpc) is 3.14. The molecule has 0 saturated carbocycles. The van der Waals surface area contributed by atoms with Crippen LogP contribution in [-0.2, 0) is 11.3 Å². The zero-order chi connectivity index (χ0) is 21.1. The molecule has 1 amide bonds. The Morgan fingerprint density at radius 1 is 1.33 bits per heavy atom. The summed E-state index contributed by atoms with van der Waals surface area (Å²) >= 11 is 7.17. The predicted molar refractivity (Wildman–Crippen MR) is 108 cm³/mol. The number of nitrogens with zero attached hydrogens (tertiary/aromatic N) is 3. The summed E-state index contributed by atoms with van der Waals surface area (Å²) in [5.41, 5.74) is -0.0765. The van der Waals surface area contributed by atoms with E-state index in [-0.39, 0.29) is 19.0 Å². The van der Waals surface area contributed by atoms with Crippen molar-refractivity contribution < 1.29 is 23.0 Å². The molecule has 4 rings (SSSR count). The van der Waals surface area contributed by atoms with Crippen molar-refractivity contribution in [1.82, 2.24) is 20.2 Å². The number of thiazole rings is 1. The summed E-state index contributed by atoms with van der Waals surface area (Å²) in [7, 11) is 0. The van der Waals surface area contributed by atoms with Gasteiger partial charge >= 0.3 is 0 Å². The number of rotatable bonds is 6. The summed E-state index contributed by atoms with van der Waals surface area (Å²) < 4.78 is 39.7. The molecule has 30 heavy (non-hydrogen) atoms. The molecule has 7 nitrogen and oxygen atoms in total. The minimum Gasteiger partial charge on any atom is -0.483 e. The summed E-state index contributed by atoms with van der Waals surface area (Å²) in [6.07, 6.45) is 1.51. The third-order valence-corrected chi connectivity index (χ3v) is 5.62. The van der Waals surface area contributed by atoms with E-state index in [0.29, 0.717) is 46.7 Å². The van der Waals surface area contributed by atoms with Crippen LogP contribution in [0.1, 0.15) is 15.4 Å². The molecule has 0 spiro atoms. The Balaban J connectivity index is 1.45. The van der Waals surface area contributed by atoms with Crippen LogP contribution in [0, 0.1) is 11.6 Å². The largest absolute Gasteiger partial charge is 0.483 e. The van der Waals surface area contributed by atoms with Gasteiger partial charge in [-0.15, -0.1) is 0 Å². The number of carbonyl (C=O) groups is 1. The van der Waals surface area contributed by atoms with E-state index in [2.05, 4.69) is 15.3 Å². The molecule has 11 heteroatoms. The molecule has 0 bridgehead atoms. The molecule has 1 aromatic carbocycles. The minimum absolute atomic E-state index is 0.0595. The predicted octanol–water partition coefficient (Wildman–Crippen LogP) is 3.22. The standard InChI is InChI=1S/C19H17ClF2N4O3S/c20-11-7-13-19(23-8-11)30-15(25-13)9-29-14-2-1-12(21)16(17(14)22)18(27)24-10-26-3-5-28-6-4-26/h1-2,7-8H,3-6,9-10H2,(H,24,27). The van der Waals surface area contributed by atoms with Crippen LogP contribution < -0.4 is 10.1 Å². The van der Waals surface area contributed by atoms with Crippen LogP contribution >= 0.6 is 22.9 Å². The van der Waals surface area contributed by atoms with Gasteiger partial charge in [-0.05, 0) is 18.2 Å². The molecule has 0 atom stereocenters. The smallest absolute Gasteiger partial charge is 0.258 e. The van der Waals surface area contributed by atoms with Crippen LogP contribution in [0.2, 0.25) is 5.02 Å². The van der Waals surface area contributed by atoms with Gasteiger partial charge in [-0.3, -0.25) is 9.69 Å². The highest BCUT2D eigenvalue weighted by Gasteiger charge is 2.22. The highest BCUT2D eigenvalue weighted by atomic mass is 35.5. The molecule has 1 aliphatic heterocycles. The highest BCUT2D eigenvalue weighted by Crippen LogP contribution is 2.27. The molecule has 1 N–H and O–H groups in total. The van der Waals surface area contributed by atoms with Crippen molar-refractivity contribution in [1.29, 1.82) is 0 Å². The first kappa shape index (κ1) is 20.9. The number of fused-ring (bicyclic) bond motifs is 1. The molecule has 0 aliphatic carbocycles. The number of aromatic nitrogens is 2. The van der Waals surface area contributed by atoms with Gasteiger partial charge in [0.05, 0.1) is 24.9 Å². The zero-order valence-corrected chi connectivity index (χ0v) is 17.2. The number of hydrogen-bond donors (Lipinski definition) is 1. The van der Waals surface area contributed by atoms with E-state index in [1.165, 1.54) is 17.5 Å². The topological polar surface area (TPSA) is 76.6 Å². The number of nitrogens with one attached hydrogen (secondary N) is 1. The van der Waals surface area contributed by atoms with Gasteiger partial charge in [0.1, 0.15) is 33.3 Å². The number of pyridine rings is 1. The van der Waals surface area contributed by atoms with Crippen LogP contribution in [0.3, 0.4) is 0 Å². The first-order valence-electron chi connectivity index (χ1n) is 9.11. The van der Waals surface area contributed by atoms with Crippen LogP contribution in [0.15, 0.2) is 24.4 Å². The number of benzene rings is 1. The molecule has 1 aliphatic rings. The van der Waals surface area contributed by atoms with E-state index < -0.39 is 23.1 Å². The van der Waals surface area contributed by atoms with E-state index >= 15 is 0 Å². The fourth-order valence-corrected chi connectivity index (χ4v) is 3.88.